The number of carbonyl (C=O) groups excluding carboxylic acids is 1. The third-order valence-corrected chi connectivity index (χ3v) is 4.25. The van der Waals surface area contributed by atoms with Gasteiger partial charge in [0.05, 0.1) is 12.0 Å². The van der Waals surface area contributed by atoms with E-state index in [1.165, 1.54) is 18.4 Å². The third kappa shape index (κ3) is 2.84. The van der Waals surface area contributed by atoms with Crippen molar-refractivity contribution in [3.63, 3.8) is 0 Å². The quantitative estimate of drug-likeness (QED) is 0.792. The zero-order valence-corrected chi connectivity index (χ0v) is 11.9. The van der Waals surface area contributed by atoms with Crippen LogP contribution in [-0.4, -0.2) is 12.9 Å². The first-order valence-corrected chi connectivity index (χ1v) is 6.76. The highest BCUT2D eigenvalue weighted by Crippen LogP contribution is 2.25. The number of rotatable bonds is 4. The molecule has 0 saturated carbocycles. The van der Waals surface area contributed by atoms with E-state index in [2.05, 4.69) is 0 Å². The number of thiophene rings is 1. The Labute approximate surface area is 115 Å². The topological polar surface area (TPSA) is 26.3 Å². The number of Topliss-reactive ketones (excluding diaryl/α,β-unsaturated/α-hetero) is 1. The second-order valence-corrected chi connectivity index (χ2v) is 5.64. The van der Waals surface area contributed by atoms with Gasteiger partial charge in [0.1, 0.15) is 0 Å². The first-order valence-electron chi connectivity index (χ1n) is 5.94. The first kappa shape index (κ1) is 13.7. The molecule has 0 N–H and O–H groups in total. The molecule has 2 nitrogen and oxygen atoms in total. The summed E-state index contributed by atoms with van der Waals surface area (Å²) < 4.78 is 18.9. The van der Waals surface area contributed by atoms with Crippen LogP contribution < -0.4 is 4.74 Å². The van der Waals surface area contributed by atoms with Gasteiger partial charge in [0.15, 0.2) is 17.3 Å². The van der Waals surface area contributed by atoms with Crippen LogP contribution in [0.3, 0.4) is 0 Å². The van der Waals surface area contributed by atoms with E-state index in [-0.39, 0.29) is 18.0 Å². The van der Waals surface area contributed by atoms with Crippen LogP contribution in [0.5, 0.6) is 5.75 Å². The number of ether oxygens (including phenoxy) is 1. The summed E-state index contributed by atoms with van der Waals surface area (Å²) >= 11 is 1.45. The average molecular weight is 278 g/mol. The molecule has 0 atom stereocenters. The molecule has 19 heavy (non-hydrogen) atoms. The van der Waals surface area contributed by atoms with Crippen molar-refractivity contribution in [2.75, 3.05) is 7.11 Å². The van der Waals surface area contributed by atoms with E-state index in [0.717, 1.165) is 10.4 Å². The predicted molar refractivity (Wildman–Crippen MR) is 74.8 cm³/mol. The van der Waals surface area contributed by atoms with Gasteiger partial charge < -0.3 is 4.74 Å². The molecule has 0 aliphatic rings. The van der Waals surface area contributed by atoms with Crippen molar-refractivity contribution in [1.29, 1.82) is 0 Å². The normalized spacial score (nSPS) is 10.5. The molecule has 0 aliphatic heterocycles. The lowest BCUT2D eigenvalue weighted by Gasteiger charge is -2.06. The SMILES string of the molecule is COc1cccc(CC(=O)c2cc(C)c(C)s2)c1F. The fourth-order valence-corrected chi connectivity index (χ4v) is 2.79. The zero-order chi connectivity index (χ0) is 14.0. The largest absolute Gasteiger partial charge is 0.494 e. The van der Waals surface area contributed by atoms with E-state index in [4.69, 9.17) is 4.74 Å². The lowest BCUT2D eigenvalue weighted by molar-refractivity contribution is 0.0995. The van der Waals surface area contributed by atoms with Crippen LogP contribution in [0.15, 0.2) is 24.3 Å². The van der Waals surface area contributed by atoms with Gasteiger partial charge in [-0.1, -0.05) is 12.1 Å². The highest BCUT2D eigenvalue weighted by Gasteiger charge is 2.15. The molecule has 0 radical (unpaired) electrons. The highest BCUT2D eigenvalue weighted by atomic mass is 32.1. The van der Waals surface area contributed by atoms with E-state index in [0.29, 0.717) is 10.4 Å². The second-order valence-electron chi connectivity index (χ2n) is 4.38. The molecule has 2 rings (SSSR count). The maximum atomic E-state index is 14.0. The molecule has 1 heterocycles. The number of carbonyl (C=O) groups is 1. The van der Waals surface area contributed by atoms with Gasteiger partial charge in [0.2, 0.25) is 0 Å². The summed E-state index contributed by atoms with van der Waals surface area (Å²) in [6.07, 6.45) is 0.0580. The second kappa shape index (κ2) is 5.53. The van der Waals surface area contributed by atoms with Gasteiger partial charge in [-0.25, -0.2) is 4.39 Å². The predicted octanol–water partition coefficient (Wildman–Crippen LogP) is 3.94. The molecule has 100 valence electrons. The number of methoxy groups -OCH3 is 1. The Kier molecular flexibility index (Phi) is 4.00. The molecule has 0 saturated heterocycles. The van der Waals surface area contributed by atoms with Crippen molar-refractivity contribution in [2.24, 2.45) is 0 Å². The third-order valence-electron chi connectivity index (χ3n) is 3.05. The molecule has 1 aromatic carbocycles. The van der Waals surface area contributed by atoms with Crippen LogP contribution in [-0.2, 0) is 6.42 Å². The highest BCUT2D eigenvalue weighted by molar-refractivity contribution is 7.14. The van der Waals surface area contributed by atoms with Gasteiger partial charge in [-0.2, -0.15) is 0 Å². The standard InChI is InChI=1S/C15H15FO2S/c1-9-7-14(19-10(9)2)12(17)8-11-5-4-6-13(18-3)15(11)16/h4-7H,8H2,1-3H3. The number of hydrogen-bond donors (Lipinski definition) is 0. The molecule has 0 amide bonds. The lowest BCUT2D eigenvalue weighted by atomic mass is 10.1. The van der Waals surface area contributed by atoms with Crippen LogP contribution >= 0.6 is 11.3 Å². The fraction of sp³-hybridized carbons (Fsp3) is 0.267. The number of ketones is 1. The zero-order valence-electron chi connectivity index (χ0n) is 11.1. The van der Waals surface area contributed by atoms with Crippen LogP contribution in [0.4, 0.5) is 4.39 Å². The van der Waals surface area contributed by atoms with Crippen LogP contribution in [0.2, 0.25) is 0 Å². The number of hydrogen-bond acceptors (Lipinski definition) is 3. The molecular weight excluding hydrogens is 263 g/mol. The average Bonchev–Trinajstić information content (AvgIpc) is 2.72. The lowest BCUT2D eigenvalue weighted by Crippen LogP contribution is -2.04. The molecule has 0 aliphatic carbocycles. The van der Waals surface area contributed by atoms with Gasteiger partial charge in [-0.05, 0) is 37.1 Å². The Morgan fingerprint density at radius 3 is 2.68 bits per heavy atom. The van der Waals surface area contributed by atoms with E-state index in [1.807, 2.05) is 19.9 Å². The molecule has 0 unspecified atom stereocenters. The molecule has 1 aromatic heterocycles. The van der Waals surface area contributed by atoms with E-state index in [9.17, 15) is 9.18 Å². The van der Waals surface area contributed by atoms with Gasteiger partial charge in [-0.3, -0.25) is 4.79 Å². The van der Waals surface area contributed by atoms with E-state index >= 15 is 0 Å². The molecule has 4 heteroatoms. The Morgan fingerprint density at radius 1 is 1.37 bits per heavy atom. The summed E-state index contributed by atoms with van der Waals surface area (Å²) in [7, 11) is 1.41. The van der Waals surface area contributed by atoms with Crippen LogP contribution in [0.25, 0.3) is 0 Å². The summed E-state index contributed by atoms with van der Waals surface area (Å²) in [4.78, 5) is 13.9. The maximum Gasteiger partial charge on any atom is 0.177 e. The fourth-order valence-electron chi connectivity index (χ4n) is 1.82. The minimum Gasteiger partial charge on any atom is -0.494 e. The summed E-state index contributed by atoms with van der Waals surface area (Å²) in [6.45, 7) is 3.94. The van der Waals surface area contributed by atoms with Crippen molar-refractivity contribution in [3.05, 3.63) is 51.0 Å². The summed E-state index contributed by atoms with van der Waals surface area (Å²) in [5, 5.41) is 0. The molecule has 0 fully saturated rings. The molecular formula is C15H15FO2S. The smallest absolute Gasteiger partial charge is 0.177 e. The monoisotopic (exact) mass is 278 g/mol. The Hall–Kier alpha value is -1.68. The van der Waals surface area contributed by atoms with E-state index in [1.54, 1.807) is 18.2 Å². The van der Waals surface area contributed by atoms with Crippen LogP contribution in [0.1, 0.15) is 25.7 Å². The Balaban J connectivity index is 2.24. The van der Waals surface area contributed by atoms with Gasteiger partial charge in [-0.15, -0.1) is 11.3 Å². The molecule has 0 bridgehead atoms. The van der Waals surface area contributed by atoms with Gasteiger partial charge in [0.25, 0.3) is 0 Å². The molecule has 0 spiro atoms. The molecule has 2 aromatic rings. The Morgan fingerprint density at radius 2 is 2.11 bits per heavy atom. The van der Waals surface area contributed by atoms with Crippen molar-refractivity contribution < 1.29 is 13.9 Å². The number of benzene rings is 1. The van der Waals surface area contributed by atoms with E-state index < -0.39 is 5.82 Å². The number of halogens is 1. The van der Waals surface area contributed by atoms with Crippen molar-refractivity contribution in [2.45, 2.75) is 20.3 Å². The maximum absolute atomic E-state index is 14.0. The van der Waals surface area contributed by atoms with Crippen molar-refractivity contribution in [3.8, 4) is 5.75 Å². The Bertz CT molecular complexity index is 597. The minimum atomic E-state index is -0.455. The van der Waals surface area contributed by atoms with Gasteiger partial charge >= 0.3 is 0 Å². The summed E-state index contributed by atoms with van der Waals surface area (Å²) in [5.74, 6) is -0.347. The van der Waals surface area contributed by atoms with Crippen molar-refractivity contribution >= 4 is 17.1 Å². The summed E-state index contributed by atoms with van der Waals surface area (Å²) in [5.41, 5.74) is 1.47. The summed E-state index contributed by atoms with van der Waals surface area (Å²) in [6, 6.07) is 6.71. The van der Waals surface area contributed by atoms with Crippen molar-refractivity contribution in [1.82, 2.24) is 0 Å². The first-order chi connectivity index (χ1) is 9.02. The van der Waals surface area contributed by atoms with Crippen LogP contribution in [0, 0.1) is 19.7 Å². The number of aryl methyl sites for hydroxylation is 2. The van der Waals surface area contributed by atoms with Gasteiger partial charge in [0, 0.05) is 11.3 Å². The minimum absolute atomic E-state index is 0.0580.